The number of piperidine rings is 1. The summed E-state index contributed by atoms with van der Waals surface area (Å²) in [5.41, 5.74) is 9.93. The monoisotopic (exact) mass is 441 g/mol. The predicted molar refractivity (Wildman–Crippen MR) is 132 cm³/mol. The second-order valence-electron chi connectivity index (χ2n) is 8.61. The summed E-state index contributed by atoms with van der Waals surface area (Å²) in [7, 11) is 4.08. The number of nitrogens with two attached hydrogens (primary N) is 1. The van der Waals surface area contributed by atoms with Gasteiger partial charge < -0.3 is 15.5 Å². The number of anilines is 2. The third kappa shape index (κ3) is 3.47. The molecule has 1 unspecified atom stereocenters. The molecule has 2 aromatic carbocycles. The Hall–Kier alpha value is -3.94. The Balaban J connectivity index is 1.71. The van der Waals surface area contributed by atoms with Crippen LogP contribution >= 0.6 is 0 Å². The van der Waals surface area contributed by atoms with Crippen molar-refractivity contribution in [1.29, 1.82) is 0 Å². The van der Waals surface area contributed by atoms with E-state index in [0.29, 0.717) is 18.0 Å². The molecule has 0 aliphatic carbocycles. The number of rotatable bonds is 4. The molecule has 1 aliphatic heterocycles. The van der Waals surface area contributed by atoms with Crippen LogP contribution in [0.5, 0.6) is 0 Å². The zero-order valence-corrected chi connectivity index (χ0v) is 18.9. The molecule has 33 heavy (non-hydrogen) atoms. The third-order valence-corrected chi connectivity index (χ3v) is 6.38. The fourth-order valence-electron chi connectivity index (χ4n) is 4.80. The van der Waals surface area contributed by atoms with E-state index in [9.17, 15) is 4.79 Å². The van der Waals surface area contributed by atoms with E-state index >= 15 is 0 Å². The van der Waals surface area contributed by atoms with Crippen LogP contribution < -0.4 is 10.6 Å². The van der Waals surface area contributed by atoms with Gasteiger partial charge in [-0.25, -0.2) is 14.6 Å². The molecule has 0 saturated carbocycles. The Morgan fingerprint density at radius 1 is 1.18 bits per heavy atom. The van der Waals surface area contributed by atoms with E-state index in [2.05, 4.69) is 45.7 Å². The normalized spacial score (nSPS) is 16.3. The van der Waals surface area contributed by atoms with E-state index in [1.54, 1.807) is 0 Å². The van der Waals surface area contributed by atoms with Crippen molar-refractivity contribution in [3.63, 3.8) is 0 Å². The molecule has 2 aromatic heterocycles. The van der Waals surface area contributed by atoms with Crippen LogP contribution in [-0.4, -0.2) is 57.7 Å². The maximum Gasteiger partial charge on any atom is 0.246 e. The van der Waals surface area contributed by atoms with Crippen molar-refractivity contribution in [3.05, 3.63) is 55.4 Å². The summed E-state index contributed by atoms with van der Waals surface area (Å²) >= 11 is 0. The first kappa shape index (κ1) is 20.9. The molecular weight excluding hydrogens is 414 g/mol. The Labute approximate surface area is 192 Å². The standard InChI is InChI=1S/C25H27N7O/c1-4-21(33)31-13-7-8-16(14-31)32-25-22(24(26)27-15-28-25)23(29-32)19-11-12-20(30(2)3)18-10-6-5-9-17(18)19/h4-6,9-12,15-16H,1,7-8,13-14H2,2-3H3,(H2,26,27,28). The number of carbonyl (C=O) groups excluding carboxylic acids is 1. The smallest absolute Gasteiger partial charge is 0.246 e. The van der Waals surface area contributed by atoms with Crippen molar-refractivity contribution >= 4 is 39.2 Å². The first-order valence-corrected chi connectivity index (χ1v) is 11.1. The highest BCUT2D eigenvalue weighted by Gasteiger charge is 2.28. The number of nitrogen functional groups attached to an aromatic ring is 1. The zero-order chi connectivity index (χ0) is 23.1. The van der Waals surface area contributed by atoms with Crippen LogP contribution in [0.15, 0.2) is 55.4 Å². The summed E-state index contributed by atoms with van der Waals surface area (Å²) in [5.74, 6) is 0.340. The zero-order valence-electron chi connectivity index (χ0n) is 18.9. The number of nitrogens with zero attached hydrogens (tertiary/aromatic N) is 6. The Bertz CT molecular complexity index is 1370. The van der Waals surface area contributed by atoms with Crippen LogP contribution in [0.2, 0.25) is 0 Å². The van der Waals surface area contributed by atoms with E-state index in [1.807, 2.05) is 35.8 Å². The van der Waals surface area contributed by atoms with Gasteiger partial charge in [0.2, 0.25) is 5.91 Å². The lowest BCUT2D eigenvalue weighted by Gasteiger charge is -2.32. The molecule has 0 bridgehead atoms. The van der Waals surface area contributed by atoms with Crippen molar-refractivity contribution in [2.45, 2.75) is 18.9 Å². The lowest BCUT2D eigenvalue weighted by atomic mass is 9.99. The molecule has 8 nitrogen and oxygen atoms in total. The maximum absolute atomic E-state index is 12.3. The van der Waals surface area contributed by atoms with Crippen LogP contribution in [0.1, 0.15) is 18.9 Å². The van der Waals surface area contributed by atoms with Gasteiger partial charge in [0.25, 0.3) is 0 Å². The summed E-state index contributed by atoms with van der Waals surface area (Å²) < 4.78 is 1.93. The van der Waals surface area contributed by atoms with Crippen LogP contribution in [0, 0.1) is 0 Å². The van der Waals surface area contributed by atoms with Gasteiger partial charge in [0.15, 0.2) is 5.65 Å². The summed E-state index contributed by atoms with van der Waals surface area (Å²) in [6.07, 6.45) is 4.64. The van der Waals surface area contributed by atoms with Gasteiger partial charge in [-0.1, -0.05) is 36.9 Å². The molecule has 0 radical (unpaired) electrons. The van der Waals surface area contributed by atoms with E-state index in [1.165, 1.54) is 12.4 Å². The van der Waals surface area contributed by atoms with Gasteiger partial charge in [-0.05, 0) is 30.4 Å². The van der Waals surface area contributed by atoms with Crippen molar-refractivity contribution in [3.8, 4) is 11.3 Å². The highest BCUT2D eigenvalue weighted by atomic mass is 16.2. The topological polar surface area (TPSA) is 93.2 Å². The summed E-state index contributed by atoms with van der Waals surface area (Å²) in [5, 5.41) is 8.01. The minimum atomic E-state index is -0.0595. The van der Waals surface area contributed by atoms with Crippen LogP contribution in [0.4, 0.5) is 11.5 Å². The average Bonchev–Trinajstić information content (AvgIpc) is 3.23. The molecule has 8 heteroatoms. The van der Waals surface area contributed by atoms with Crippen molar-refractivity contribution < 1.29 is 4.79 Å². The Morgan fingerprint density at radius 2 is 1.97 bits per heavy atom. The number of benzene rings is 2. The molecule has 4 aromatic rings. The van der Waals surface area contributed by atoms with Gasteiger partial charge in [-0.2, -0.15) is 5.10 Å². The quantitative estimate of drug-likeness (QED) is 0.486. The van der Waals surface area contributed by atoms with E-state index in [0.717, 1.165) is 52.5 Å². The Morgan fingerprint density at radius 3 is 2.73 bits per heavy atom. The van der Waals surface area contributed by atoms with Gasteiger partial charge in [0.1, 0.15) is 17.8 Å². The maximum atomic E-state index is 12.3. The first-order chi connectivity index (χ1) is 16.0. The van der Waals surface area contributed by atoms with Gasteiger partial charge in [-0.3, -0.25) is 4.79 Å². The fraction of sp³-hybridized carbons (Fsp3) is 0.280. The highest BCUT2D eigenvalue weighted by Crippen LogP contribution is 2.39. The van der Waals surface area contributed by atoms with Crippen molar-refractivity contribution in [2.24, 2.45) is 0 Å². The molecule has 168 valence electrons. The number of hydrogen-bond donors (Lipinski definition) is 1. The molecule has 0 spiro atoms. The van der Waals surface area contributed by atoms with Crippen LogP contribution in [-0.2, 0) is 4.79 Å². The molecule has 5 rings (SSSR count). The van der Waals surface area contributed by atoms with Gasteiger partial charge in [-0.15, -0.1) is 0 Å². The predicted octanol–water partition coefficient (Wildman–Crippen LogP) is 3.64. The van der Waals surface area contributed by atoms with E-state index in [-0.39, 0.29) is 11.9 Å². The number of amides is 1. The molecule has 1 atom stereocenters. The third-order valence-electron chi connectivity index (χ3n) is 6.38. The van der Waals surface area contributed by atoms with Gasteiger partial charge in [0.05, 0.1) is 11.4 Å². The molecule has 1 saturated heterocycles. The van der Waals surface area contributed by atoms with Gasteiger partial charge in [0, 0.05) is 43.8 Å². The molecule has 1 amide bonds. The molecule has 3 heterocycles. The number of fused-ring (bicyclic) bond motifs is 2. The largest absolute Gasteiger partial charge is 0.383 e. The van der Waals surface area contributed by atoms with Crippen molar-refractivity contribution in [2.75, 3.05) is 37.8 Å². The molecule has 2 N–H and O–H groups in total. The molecule has 1 fully saturated rings. The number of aromatic nitrogens is 4. The van der Waals surface area contributed by atoms with Crippen LogP contribution in [0.3, 0.4) is 0 Å². The second kappa shape index (κ2) is 8.20. The van der Waals surface area contributed by atoms with Crippen LogP contribution in [0.25, 0.3) is 33.1 Å². The van der Waals surface area contributed by atoms with E-state index in [4.69, 9.17) is 10.8 Å². The minimum absolute atomic E-state index is 0.000475. The number of carbonyl (C=O) groups is 1. The van der Waals surface area contributed by atoms with Gasteiger partial charge >= 0.3 is 0 Å². The summed E-state index contributed by atoms with van der Waals surface area (Å²) in [6.45, 7) is 4.92. The second-order valence-corrected chi connectivity index (χ2v) is 8.61. The summed E-state index contributed by atoms with van der Waals surface area (Å²) in [4.78, 5) is 25.0. The first-order valence-electron chi connectivity index (χ1n) is 11.1. The average molecular weight is 442 g/mol. The number of hydrogen-bond acceptors (Lipinski definition) is 6. The minimum Gasteiger partial charge on any atom is -0.383 e. The SMILES string of the molecule is C=CC(=O)N1CCCC(n2nc(-c3ccc(N(C)C)c4ccccc34)c3c(N)ncnc32)C1. The molecule has 1 aliphatic rings. The lowest BCUT2D eigenvalue weighted by molar-refractivity contribution is -0.127. The lowest BCUT2D eigenvalue weighted by Crippen LogP contribution is -2.40. The highest BCUT2D eigenvalue weighted by molar-refractivity contribution is 6.09. The fourth-order valence-corrected chi connectivity index (χ4v) is 4.80. The van der Waals surface area contributed by atoms with Crippen molar-refractivity contribution in [1.82, 2.24) is 24.6 Å². The Kier molecular flexibility index (Phi) is 5.20. The molecular formula is C25H27N7O. The summed E-state index contributed by atoms with van der Waals surface area (Å²) in [6, 6.07) is 12.5. The number of likely N-dealkylation sites (tertiary alicyclic amines) is 1. The van der Waals surface area contributed by atoms with E-state index < -0.39 is 0 Å².